The molecule has 1 fully saturated rings. The van der Waals surface area contributed by atoms with Gasteiger partial charge in [-0.15, -0.1) is 0 Å². The lowest BCUT2D eigenvalue weighted by atomic mass is 10.2. The number of carbonyl (C=O) groups excluding carboxylic acids is 1. The predicted octanol–water partition coefficient (Wildman–Crippen LogP) is 0.278. The van der Waals surface area contributed by atoms with E-state index in [1.54, 1.807) is 0 Å². The molecule has 15 heavy (non-hydrogen) atoms. The zero-order valence-corrected chi connectivity index (χ0v) is 9.91. The number of amides is 1. The summed E-state index contributed by atoms with van der Waals surface area (Å²) in [4.78, 5) is 15.8. The topological polar surface area (TPSA) is 49.6 Å². The van der Waals surface area contributed by atoms with Crippen LogP contribution in [0.2, 0.25) is 0 Å². The van der Waals surface area contributed by atoms with Gasteiger partial charge in [0.2, 0.25) is 5.91 Å². The molecule has 0 aromatic carbocycles. The molecular weight excluding hydrogens is 190 g/mol. The molecule has 4 nitrogen and oxygen atoms in total. The Morgan fingerprint density at radius 2 is 2.33 bits per heavy atom. The van der Waals surface area contributed by atoms with Crippen LogP contribution in [0.4, 0.5) is 0 Å². The summed E-state index contributed by atoms with van der Waals surface area (Å²) in [6.45, 7) is 2.62. The summed E-state index contributed by atoms with van der Waals surface area (Å²) < 4.78 is 0. The van der Waals surface area contributed by atoms with E-state index in [9.17, 15) is 4.79 Å². The number of hydrogen-bond acceptors (Lipinski definition) is 3. The highest BCUT2D eigenvalue weighted by Crippen LogP contribution is 2.15. The van der Waals surface area contributed by atoms with Gasteiger partial charge in [-0.2, -0.15) is 0 Å². The van der Waals surface area contributed by atoms with Crippen LogP contribution in [0.15, 0.2) is 0 Å². The van der Waals surface area contributed by atoms with Gasteiger partial charge in [-0.25, -0.2) is 0 Å². The van der Waals surface area contributed by atoms with Crippen LogP contribution in [0, 0.1) is 0 Å². The molecule has 4 heteroatoms. The second kappa shape index (κ2) is 6.08. The fraction of sp³-hybridized carbons (Fsp3) is 0.909. The number of nitrogens with two attached hydrogens (primary N) is 1. The van der Waals surface area contributed by atoms with Gasteiger partial charge < -0.3 is 15.5 Å². The van der Waals surface area contributed by atoms with Gasteiger partial charge in [0.05, 0.1) is 0 Å². The molecule has 1 aliphatic rings. The van der Waals surface area contributed by atoms with Crippen molar-refractivity contribution in [3.05, 3.63) is 0 Å². The van der Waals surface area contributed by atoms with Crippen molar-refractivity contribution in [1.82, 2.24) is 9.80 Å². The van der Waals surface area contributed by atoms with Crippen molar-refractivity contribution in [3.8, 4) is 0 Å². The van der Waals surface area contributed by atoms with Crippen LogP contribution in [0.3, 0.4) is 0 Å². The van der Waals surface area contributed by atoms with Crippen molar-refractivity contribution in [2.24, 2.45) is 5.73 Å². The number of carbonyl (C=O) groups is 1. The zero-order chi connectivity index (χ0) is 11.3. The molecule has 0 bridgehead atoms. The van der Waals surface area contributed by atoms with Gasteiger partial charge in [0, 0.05) is 26.1 Å². The number of nitrogens with zero attached hydrogens (tertiary/aromatic N) is 2. The number of hydrogen-bond donors (Lipinski definition) is 1. The van der Waals surface area contributed by atoms with Crippen molar-refractivity contribution in [3.63, 3.8) is 0 Å². The maximum atomic E-state index is 11.6. The van der Waals surface area contributed by atoms with Gasteiger partial charge in [0.1, 0.15) is 0 Å². The van der Waals surface area contributed by atoms with Gasteiger partial charge in [-0.1, -0.05) is 0 Å². The van der Waals surface area contributed by atoms with E-state index in [2.05, 4.69) is 11.9 Å². The third kappa shape index (κ3) is 3.80. The highest BCUT2D eigenvalue weighted by Gasteiger charge is 2.23. The number of likely N-dealkylation sites (tertiary alicyclic amines) is 1. The van der Waals surface area contributed by atoms with E-state index >= 15 is 0 Å². The van der Waals surface area contributed by atoms with Crippen LogP contribution in [-0.4, -0.2) is 55.5 Å². The molecule has 0 aromatic heterocycles. The Bertz CT molecular complexity index is 208. The predicted molar refractivity (Wildman–Crippen MR) is 61.6 cm³/mol. The second-order valence-corrected chi connectivity index (χ2v) is 4.44. The lowest BCUT2D eigenvalue weighted by Crippen LogP contribution is -2.39. The maximum absolute atomic E-state index is 11.6. The Hall–Kier alpha value is -0.610. The van der Waals surface area contributed by atoms with Crippen molar-refractivity contribution in [1.29, 1.82) is 0 Å². The normalized spacial score (nSPS) is 21.9. The van der Waals surface area contributed by atoms with Gasteiger partial charge >= 0.3 is 0 Å². The molecule has 2 N–H and O–H groups in total. The van der Waals surface area contributed by atoms with Crippen molar-refractivity contribution >= 4 is 5.91 Å². The van der Waals surface area contributed by atoms with Gasteiger partial charge in [0.25, 0.3) is 0 Å². The highest BCUT2D eigenvalue weighted by molar-refractivity contribution is 5.75. The Balaban J connectivity index is 2.27. The van der Waals surface area contributed by atoms with E-state index in [4.69, 9.17) is 5.73 Å². The highest BCUT2D eigenvalue weighted by atomic mass is 16.2. The first-order valence-electron chi connectivity index (χ1n) is 5.79. The molecule has 1 heterocycles. The van der Waals surface area contributed by atoms with Crippen LogP contribution in [0.1, 0.15) is 25.7 Å². The zero-order valence-electron chi connectivity index (χ0n) is 9.91. The van der Waals surface area contributed by atoms with Crippen molar-refractivity contribution in [2.45, 2.75) is 31.7 Å². The first-order chi connectivity index (χ1) is 7.15. The number of rotatable bonds is 5. The first kappa shape index (κ1) is 12.5. The third-order valence-electron chi connectivity index (χ3n) is 3.18. The monoisotopic (exact) mass is 213 g/mol. The first-order valence-corrected chi connectivity index (χ1v) is 5.79. The average Bonchev–Trinajstić information content (AvgIpc) is 2.61. The number of likely N-dealkylation sites (N-methyl/N-ethyl adjacent to an activating group) is 2. The smallest absolute Gasteiger partial charge is 0.222 e. The van der Waals surface area contributed by atoms with Crippen LogP contribution in [0.25, 0.3) is 0 Å². The molecule has 1 unspecified atom stereocenters. The lowest BCUT2D eigenvalue weighted by molar-refractivity contribution is -0.130. The molecular formula is C11H23N3O. The minimum Gasteiger partial charge on any atom is -0.344 e. The second-order valence-electron chi connectivity index (χ2n) is 4.44. The van der Waals surface area contributed by atoms with E-state index < -0.39 is 0 Å². The summed E-state index contributed by atoms with van der Waals surface area (Å²) in [5.74, 6) is 0.223. The standard InChI is InChI=1S/C11H23N3O/c1-13-8-4-5-10(13)9-14(2)11(15)6-3-7-12/h10H,3-9,12H2,1-2H3. The van der Waals surface area contributed by atoms with Crippen LogP contribution < -0.4 is 5.73 Å². The van der Waals surface area contributed by atoms with Crippen LogP contribution >= 0.6 is 0 Å². The van der Waals surface area contributed by atoms with Crippen molar-refractivity contribution < 1.29 is 4.79 Å². The molecule has 0 saturated carbocycles. The Morgan fingerprint density at radius 3 is 2.87 bits per heavy atom. The fourth-order valence-electron chi connectivity index (χ4n) is 2.07. The minimum atomic E-state index is 0.223. The summed E-state index contributed by atoms with van der Waals surface area (Å²) in [6.07, 6.45) is 3.85. The quantitative estimate of drug-likeness (QED) is 0.713. The Labute approximate surface area is 92.4 Å². The van der Waals surface area contributed by atoms with E-state index in [0.29, 0.717) is 19.0 Å². The maximum Gasteiger partial charge on any atom is 0.222 e. The van der Waals surface area contributed by atoms with Crippen LogP contribution in [0.5, 0.6) is 0 Å². The lowest BCUT2D eigenvalue weighted by Gasteiger charge is -2.25. The SMILES string of the molecule is CN(CC1CCCN1C)C(=O)CCCN. The summed E-state index contributed by atoms with van der Waals surface area (Å²) in [5.41, 5.74) is 5.38. The largest absolute Gasteiger partial charge is 0.344 e. The molecule has 1 atom stereocenters. The molecule has 1 saturated heterocycles. The van der Waals surface area contributed by atoms with E-state index in [1.807, 2.05) is 11.9 Å². The third-order valence-corrected chi connectivity index (χ3v) is 3.18. The Morgan fingerprint density at radius 1 is 1.60 bits per heavy atom. The molecule has 88 valence electrons. The fourth-order valence-corrected chi connectivity index (χ4v) is 2.07. The summed E-state index contributed by atoms with van der Waals surface area (Å²) in [5, 5.41) is 0. The molecule has 1 amide bonds. The average molecular weight is 213 g/mol. The van der Waals surface area contributed by atoms with Gasteiger partial charge in [0.15, 0.2) is 0 Å². The minimum absolute atomic E-state index is 0.223. The molecule has 0 spiro atoms. The summed E-state index contributed by atoms with van der Waals surface area (Å²) in [6, 6.07) is 0.553. The van der Waals surface area contributed by atoms with E-state index in [0.717, 1.165) is 19.5 Å². The summed E-state index contributed by atoms with van der Waals surface area (Å²) in [7, 11) is 4.03. The van der Waals surface area contributed by atoms with E-state index in [-0.39, 0.29) is 5.91 Å². The van der Waals surface area contributed by atoms with Gasteiger partial charge in [-0.05, 0) is 39.4 Å². The van der Waals surface area contributed by atoms with Crippen LogP contribution in [-0.2, 0) is 4.79 Å². The Kier molecular flexibility index (Phi) is 5.05. The molecule has 0 aromatic rings. The summed E-state index contributed by atoms with van der Waals surface area (Å²) >= 11 is 0. The molecule has 1 rings (SSSR count). The van der Waals surface area contributed by atoms with Gasteiger partial charge in [-0.3, -0.25) is 4.79 Å². The molecule has 1 aliphatic heterocycles. The van der Waals surface area contributed by atoms with E-state index in [1.165, 1.54) is 12.8 Å². The molecule has 0 aliphatic carbocycles. The van der Waals surface area contributed by atoms with Crippen molar-refractivity contribution in [2.75, 3.05) is 33.7 Å². The molecule has 0 radical (unpaired) electrons.